The van der Waals surface area contributed by atoms with Crippen LogP contribution in [0.5, 0.6) is 0 Å². The first-order chi connectivity index (χ1) is 9.29. The van der Waals surface area contributed by atoms with Gasteiger partial charge in [-0.25, -0.2) is 0 Å². The number of carbonyl (C=O) groups is 1. The number of likely N-dealkylation sites (tertiary alicyclic amines) is 1. The van der Waals surface area contributed by atoms with Crippen LogP contribution in [0, 0.1) is 0 Å². The van der Waals surface area contributed by atoms with Gasteiger partial charge in [-0.1, -0.05) is 31.9 Å². The van der Waals surface area contributed by atoms with Crippen molar-refractivity contribution in [2.75, 3.05) is 13.1 Å². The summed E-state index contributed by atoms with van der Waals surface area (Å²) in [6, 6.07) is 3.63. The second kappa shape index (κ2) is 6.05. The minimum absolute atomic E-state index is 0.144. The molecule has 1 saturated heterocycles. The lowest BCUT2D eigenvalue weighted by Crippen LogP contribution is -2.40. The molecule has 0 aliphatic carbocycles. The first-order valence-corrected chi connectivity index (χ1v) is 7.80. The molecule has 1 aliphatic rings. The minimum Gasteiger partial charge on any atom is -0.338 e. The largest absolute Gasteiger partial charge is 0.417 e. The van der Waals surface area contributed by atoms with Crippen LogP contribution < -0.4 is 0 Å². The highest BCUT2D eigenvalue weighted by atomic mass is 79.9. The van der Waals surface area contributed by atoms with Gasteiger partial charge in [0.15, 0.2) is 0 Å². The molecule has 1 atom stereocenters. The number of alkyl halides is 4. The topological polar surface area (TPSA) is 20.3 Å². The van der Waals surface area contributed by atoms with Gasteiger partial charge in [0.05, 0.1) is 11.1 Å². The zero-order chi connectivity index (χ0) is 14.9. The van der Waals surface area contributed by atoms with E-state index in [1.807, 2.05) is 0 Å². The van der Waals surface area contributed by atoms with Crippen molar-refractivity contribution in [3.05, 3.63) is 33.8 Å². The standard InChI is InChI=1S/C13H12Br2F3NO/c14-8-3-4-10(11(6-8)13(16,17)18)12(20)19-5-1-2-9(15)7-19/h3-4,6,9H,1-2,5,7H2. The molecule has 2 nitrogen and oxygen atoms in total. The van der Waals surface area contributed by atoms with E-state index in [2.05, 4.69) is 31.9 Å². The third kappa shape index (κ3) is 3.55. The van der Waals surface area contributed by atoms with Crippen LogP contribution >= 0.6 is 31.9 Å². The third-order valence-electron chi connectivity index (χ3n) is 3.17. The van der Waals surface area contributed by atoms with Crippen LogP contribution in [0.2, 0.25) is 0 Å². The maximum absolute atomic E-state index is 13.0. The minimum atomic E-state index is -4.54. The molecule has 1 heterocycles. The summed E-state index contributed by atoms with van der Waals surface area (Å²) >= 11 is 6.43. The van der Waals surface area contributed by atoms with Gasteiger partial charge in [-0.15, -0.1) is 0 Å². The van der Waals surface area contributed by atoms with Crippen LogP contribution in [0.1, 0.15) is 28.8 Å². The summed E-state index contributed by atoms with van der Waals surface area (Å²) in [5.41, 5.74) is -1.18. The van der Waals surface area contributed by atoms with Crippen LogP contribution in [0.25, 0.3) is 0 Å². The molecule has 2 rings (SSSR count). The Kier molecular flexibility index (Phi) is 4.79. The Morgan fingerprint density at radius 3 is 2.65 bits per heavy atom. The second-order valence-corrected chi connectivity index (χ2v) is 6.89. The van der Waals surface area contributed by atoms with Crippen molar-refractivity contribution >= 4 is 37.8 Å². The molecule has 7 heteroatoms. The summed E-state index contributed by atoms with van der Waals surface area (Å²) in [7, 11) is 0. The van der Waals surface area contributed by atoms with Gasteiger partial charge in [-0.2, -0.15) is 13.2 Å². The molecule has 20 heavy (non-hydrogen) atoms. The molecule has 0 aromatic heterocycles. The predicted octanol–water partition coefficient (Wildman–Crippen LogP) is 4.47. The number of amides is 1. The van der Waals surface area contributed by atoms with E-state index in [0.717, 1.165) is 18.9 Å². The first kappa shape index (κ1) is 15.8. The lowest BCUT2D eigenvalue weighted by atomic mass is 10.0. The van der Waals surface area contributed by atoms with Crippen molar-refractivity contribution in [3.63, 3.8) is 0 Å². The van der Waals surface area contributed by atoms with E-state index < -0.39 is 17.6 Å². The average Bonchev–Trinajstić information content (AvgIpc) is 2.37. The zero-order valence-electron chi connectivity index (χ0n) is 10.4. The fourth-order valence-electron chi connectivity index (χ4n) is 2.22. The van der Waals surface area contributed by atoms with Crippen molar-refractivity contribution in [2.45, 2.75) is 23.8 Å². The highest BCUT2D eigenvalue weighted by molar-refractivity contribution is 9.10. The van der Waals surface area contributed by atoms with E-state index in [1.165, 1.54) is 17.0 Å². The van der Waals surface area contributed by atoms with E-state index in [0.29, 0.717) is 17.6 Å². The van der Waals surface area contributed by atoms with E-state index in [1.54, 1.807) is 0 Å². The molecule has 0 N–H and O–H groups in total. The quantitative estimate of drug-likeness (QED) is 0.621. The third-order valence-corrected chi connectivity index (χ3v) is 4.41. The molecule has 1 amide bonds. The zero-order valence-corrected chi connectivity index (χ0v) is 13.6. The molecule has 0 radical (unpaired) electrons. The second-order valence-electron chi connectivity index (χ2n) is 4.68. The van der Waals surface area contributed by atoms with Gasteiger partial charge in [-0.05, 0) is 31.0 Å². The Bertz CT molecular complexity index is 519. The van der Waals surface area contributed by atoms with Crippen molar-refractivity contribution in [3.8, 4) is 0 Å². The predicted molar refractivity (Wildman–Crippen MR) is 77.0 cm³/mol. The summed E-state index contributed by atoms with van der Waals surface area (Å²) < 4.78 is 39.4. The summed E-state index contributed by atoms with van der Waals surface area (Å²) in [5, 5.41) is 0. The van der Waals surface area contributed by atoms with Crippen molar-refractivity contribution in [1.29, 1.82) is 0 Å². The Labute approximate surface area is 131 Å². The van der Waals surface area contributed by atoms with E-state index in [4.69, 9.17) is 0 Å². The van der Waals surface area contributed by atoms with Gasteiger partial charge >= 0.3 is 6.18 Å². The SMILES string of the molecule is O=C(c1ccc(Br)cc1C(F)(F)F)N1CCCC(Br)C1. The van der Waals surface area contributed by atoms with Crippen LogP contribution in [-0.2, 0) is 6.18 Å². The van der Waals surface area contributed by atoms with E-state index in [9.17, 15) is 18.0 Å². The molecule has 1 fully saturated rings. The maximum Gasteiger partial charge on any atom is 0.417 e. The molecule has 1 unspecified atom stereocenters. The molecule has 110 valence electrons. The normalized spacial score (nSPS) is 20.1. The first-order valence-electron chi connectivity index (χ1n) is 6.09. The van der Waals surface area contributed by atoms with Crippen LogP contribution in [-0.4, -0.2) is 28.7 Å². The number of benzene rings is 1. The molecular formula is C13H12Br2F3NO. The van der Waals surface area contributed by atoms with Gasteiger partial charge in [-0.3, -0.25) is 4.79 Å². The van der Waals surface area contributed by atoms with Gasteiger partial charge in [0, 0.05) is 22.4 Å². The van der Waals surface area contributed by atoms with Crippen molar-refractivity contribution in [2.24, 2.45) is 0 Å². The smallest absolute Gasteiger partial charge is 0.338 e. The Hall–Kier alpha value is -0.560. The van der Waals surface area contributed by atoms with Crippen LogP contribution in [0.4, 0.5) is 13.2 Å². The Morgan fingerprint density at radius 2 is 2.05 bits per heavy atom. The van der Waals surface area contributed by atoms with Crippen LogP contribution in [0.15, 0.2) is 22.7 Å². The van der Waals surface area contributed by atoms with E-state index >= 15 is 0 Å². The number of hydrogen-bond acceptors (Lipinski definition) is 1. The fraction of sp³-hybridized carbons (Fsp3) is 0.462. The fourth-order valence-corrected chi connectivity index (χ4v) is 3.25. The van der Waals surface area contributed by atoms with Gasteiger partial charge in [0.2, 0.25) is 0 Å². The number of piperidine rings is 1. The molecule has 1 aromatic carbocycles. The summed E-state index contributed by atoms with van der Waals surface area (Å²) in [6.45, 7) is 0.931. The van der Waals surface area contributed by atoms with Gasteiger partial charge in [0.1, 0.15) is 0 Å². The van der Waals surface area contributed by atoms with E-state index in [-0.39, 0.29) is 10.4 Å². The number of hydrogen-bond donors (Lipinski definition) is 0. The van der Waals surface area contributed by atoms with Crippen molar-refractivity contribution in [1.82, 2.24) is 4.90 Å². The molecule has 0 saturated carbocycles. The molecular weight excluding hydrogens is 403 g/mol. The summed E-state index contributed by atoms with van der Waals surface area (Å²) in [6.07, 6.45) is -2.83. The molecule has 1 aromatic rings. The number of halogens is 5. The monoisotopic (exact) mass is 413 g/mol. The van der Waals surface area contributed by atoms with Gasteiger partial charge in [0.25, 0.3) is 5.91 Å². The lowest BCUT2D eigenvalue weighted by Gasteiger charge is -2.30. The number of rotatable bonds is 1. The van der Waals surface area contributed by atoms with Crippen molar-refractivity contribution < 1.29 is 18.0 Å². The Morgan fingerprint density at radius 1 is 1.35 bits per heavy atom. The molecule has 0 spiro atoms. The molecule has 1 aliphatic heterocycles. The number of nitrogens with zero attached hydrogens (tertiary/aromatic N) is 1. The Balaban J connectivity index is 2.34. The number of carbonyl (C=O) groups excluding carboxylic acids is 1. The van der Waals surface area contributed by atoms with Gasteiger partial charge < -0.3 is 4.90 Å². The summed E-state index contributed by atoms with van der Waals surface area (Å²) in [4.78, 5) is 13.9. The highest BCUT2D eigenvalue weighted by Gasteiger charge is 2.37. The van der Waals surface area contributed by atoms with Crippen LogP contribution in [0.3, 0.4) is 0 Å². The summed E-state index contributed by atoms with van der Waals surface area (Å²) in [5.74, 6) is -0.561. The highest BCUT2D eigenvalue weighted by Crippen LogP contribution is 2.34. The maximum atomic E-state index is 13.0. The average molecular weight is 415 g/mol. The lowest BCUT2D eigenvalue weighted by molar-refractivity contribution is -0.138. The molecule has 0 bridgehead atoms.